The summed E-state index contributed by atoms with van der Waals surface area (Å²) in [6.45, 7) is 0. The van der Waals surface area contributed by atoms with Crippen LogP contribution in [0.3, 0.4) is 0 Å². The lowest BCUT2D eigenvalue weighted by Crippen LogP contribution is -2.10. The van der Waals surface area contributed by atoms with Crippen molar-refractivity contribution in [3.63, 3.8) is 0 Å². The molecule has 1 heterocycles. The molecule has 0 saturated carbocycles. The van der Waals surface area contributed by atoms with Crippen molar-refractivity contribution >= 4 is 46.4 Å². The number of hydrogen-bond acceptors (Lipinski definition) is 0. The van der Waals surface area contributed by atoms with E-state index in [4.69, 9.17) is 0 Å². The van der Waals surface area contributed by atoms with E-state index in [1.54, 1.807) is 15.9 Å². The quantitative estimate of drug-likeness (QED) is 0.197. The monoisotopic (exact) mass is 628 g/mol. The maximum atomic E-state index is 2.51. The molecule has 0 bridgehead atoms. The molecule has 4 heteroatoms. The van der Waals surface area contributed by atoms with Crippen molar-refractivity contribution in [2.24, 2.45) is 0 Å². The first kappa shape index (κ1) is 32.0. The molecule has 5 rings (SSSR count). The smallest absolute Gasteiger partial charge is 0.0117 e. The fraction of sp³-hybridized carbons (Fsp3) is 0.368. The molecule has 0 radical (unpaired) electrons. The zero-order valence-corrected chi connectivity index (χ0v) is 28.9. The van der Waals surface area contributed by atoms with E-state index in [9.17, 15) is 0 Å². The van der Waals surface area contributed by atoms with Crippen LogP contribution < -0.4 is 15.9 Å². The minimum atomic E-state index is -0.298. The Labute approximate surface area is 261 Å². The molecule has 220 valence electrons. The van der Waals surface area contributed by atoms with Gasteiger partial charge in [-0.25, -0.2) is 0 Å². The van der Waals surface area contributed by atoms with Gasteiger partial charge in [0.15, 0.2) is 0 Å². The Morgan fingerprint density at radius 1 is 0.381 bits per heavy atom. The average molecular weight is 629 g/mol. The normalized spacial score (nSPS) is 22.6. The lowest BCUT2D eigenvalue weighted by atomic mass is 10.1. The van der Waals surface area contributed by atoms with E-state index in [-0.39, 0.29) is 22.2 Å². The number of benzene rings is 4. The molecule has 0 nitrogen and oxygen atoms in total. The van der Waals surface area contributed by atoms with Gasteiger partial charge in [0, 0.05) is 0 Å². The predicted molar refractivity (Wildman–Crippen MR) is 198 cm³/mol. The van der Waals surface area contributed by atoms with Crippen molar-refractivity contribution in [3.8, 4) is 11.1 Å². The molecule has 1 fully saturated rings. The van der Waals surface area contributed by atoms with Gasteiger partial charge < -0.3 is 0 Å². The third kappa shape index (κ3) is 9.81. The molecule has 0 N–H and O–H groups in total. The molecule has 4 aromatic carbocycles. The van der Waals surface area contributed by atoms with Crippen molar-refractivity contribution in [2.75, 3.05) is 12.3 Å². The Morgan fingerprint density at radius 3 is 1.40 bits per heavy atom. The summed E-state index contributed by atoms with van der Waals surface area (Å²) in [6.07, 6.45) is 19.9. The van der Waals surface area contributed by atoms with Gasteiger partial charge in [-0.05, 0) is 74.4 Å². The summed E-state index contributed by atoms with van der Waals surface area (Å²) in [4.78, 5) is 0. The molecular formula is C38H48P4. The van der Waals surface area contributed by atoms with Crippen molar-refractivity contribution in [1.82, 2.24) is 0 Å². The average Bonchev–Trinajstić information content (AvgIpc) is 3.06. The van der Waals surface area contributed by atoms with Gasteiger partial charge in [-0.3, -0.25) is 0 Å². The molecule has 0 amide bonds. The standard InChI is InChI=1S/C38H48P4/c1-2-4-6-8-10-21-33-40(36-30-28-35(29-31-36)34-22-14-11-15-23-34)42(38-26-18-13-19-27-38)41(37-24-16-12-17-25-37)39-32-20-9-7-5-3-1/h11-19,22-31,39H,1-10,20-21,32-33H2. The maximum Gasteiger partial charge on any atom is -0.0117 e. The minimum Gasteiger partial charge on any atom is -0.0862 e. The lowest BCUT2D eigenvalue weighted by molar-refractivity contribution is 0.549. The second-order valence-corrected chi connectivity index (χ2v) is 25.7. The fourth-order valence-electron chi connectivity index (χ4n) is 5.89. The number of hydrogen-bond donors (Lipinski definition) is 0. The summed E-state index contributed by atoms with van der Waals surface area (Å²) in [5.41, 5.74) is 2.66. The molecule has 4 unspecified atom stereocenters. The van der Waals surface area contributed by atoms with Crippen LogP contribution in [0.5, 0.6) is 0 Å². The summed E-state index contributed by atoms with van der Waals surface area (Å²) >= 11 is 0. The van der Waals surface area contributed by atoms with E-state index in [1.165, 1.54) is 101 Å². The Morgan fingerprint density at radius 2 is 0.833 bits per heavy atom. The molecule has 4 aromatic rings. The molecule has 1 saturated heterocycles. The topological polar surface area (TPSA) is 0 Å². The lowest BCUT2D eigenvalue weighted by Gasteiger charge is -2.36. The summed E-state index contributed by atoms with van der Waals surface area (Å²) in [7, 11) is 0.251. The highest BCUT2D eigenvalue weighted by Gasteiger charge is 2.32. The van der Waals surface area contributed by atoms with Gasteiger partial charge in [0.2, 0.25) is 0 Å². The maximum absolute atomic E-state index is 2.51. The van der Waals surface area contributed by atoms with Gasteiger partial charge in [0.05, 0.1) is 0 Å². The molecular weight excluding hydrogens is 580 g/mol. The minimum absolute atomic E-state index is 0.229. The first-order valence-electron chi connectivity index (χ1n) is 16.3. The third-order valence-electron chi connectivity index (χ3n) is 8.24. The zero-order chi connectivity index (χ0) is 28.7. The van der Waals surface area contributed by atoms with Gasteiger partial charge in [0.25, 0.3) is 0 Å². The molecule has 42 heavy (non-hydrogen) atoms. The molecule has 4 atom stereocenters. The Kier molecular flexibility index (Phi) is 14.0. The van der Waals surface area contributed by atoms with Crippen LogP contribution in [0.4, 0.5) is 0 Å². The second-order valence-electron chi connectivity index (χ2n) is 11.5. The van der Waals surface area contributed by atoms with E-state index in [1.807, 2.05) is 0 Å². The SMILES string of the molecule is c1ccc(-c2ccc(P3CCCCCCCCCCCCCCPP(c4ccccc4)P3c3ccccc3)cc2)cc1. The van der Waals surface area contributed by atoms with Crippen LogP contribution in [-0.4, -0.2) is 12.3 Å². The highest BCUT2D eigenvalue weighted by molar-refractivity contribution is 8.78. The second kappa shape index (κ2) is 18.4. The van der Waals surface area contributed by atoms with Crippen molar-refractivity contribution in [3.05, 3.63) is 115 Å². The molecule has 0 spiro atoms. The molecule has 1 aliphatic rings. The van der Waals surface area contributed by atoms with E-state index in [2.05, 4.69) is 115 Å². The summed E-state index contributed by atoms with van der Waals surface area (Å²) in [5.74, 6) is 0. The molecule has 0 aliphatic carbocycles. The van der Waals surface area contributed by atoms with Crippen LogP contribution in [0.2, 0.25) is 0 Å². The van der Waals surface area contributed by atoms with Crippen LogP contribution in [0.1, 0.15) is 77.0 Å². The fourth-order valence-corrected chi connectivity index (χ4v) is 31.3. The van der Waals surface area contributed by atoms with E-state index in [0.29, 0.717) is 0 Å². The van der Waals surface area contributed by atoms with Gasteiger partial charge >= 0.3 is 0 Å². The Bertz CT molecular complexity index is 1260. The van der Waals surface area contributed by atoms with Gasteiger partial charge in [-0.15, -0.1) is 0 Å². The Hall–Kier alpha value is -1.40. The van der Waals surface area contributed by atoms with E-state index >= 15 is 0 Å². The van der Waals surface area contributed by atoms with Gasteiger partial charge in [-0.1, -0.05) is 188 Å². The summed E-state index contributed by atoms with van der Waals surface area (Å²) < 4.78 is 0. The zero-order valence-electron chi connectivity index (χ0n) is 25.2. The van der Waals surface area contributed by atoms with Crippen LogP contribution >= 0.6 is 30.5 Å². The molecule has 1 aliphatic heterocycles. The number of rotatable bonds is 4. The van der Waals surface area contributed by atoms with Crippen molar-refractivity contribution in [1.29, 1.82) is 0 Å². The third-order valence-corrected chi connectivity index (χ3v) is 29.5. The van der Waals surface area contributed by atoms with E-state index < -0.39 is 0 Å². The largest absolute Gasteiger partial charge is 0.0862 e. The summed E-state index contributed by atoms with van der Waals surface area (Å²) in [6, 6.07) is 44.3. The van der Waals surface area contributed by atoms with Gasteiger partial charge in [0.1, 0.15) is 0 Å². The predicted octanol–water partition coefficient (Wildman–Crippen LogP) is 12.2. The first-order valence-corrected chi connectivity index (χ1v) is 23.9. The molecule has 0 aromatic heterocycles. The summed E-state index contributed by atoms with van der Waals surface area (Å²) in [5, 5.41) is 4.91. The van der Waals surface area contributed by atoms with Crippen LogP contribution in [0.25, 0.3) is 11.1 Å². The van der Waals surface area contributed by atoms with E-state index in [0.717, 1.165) is 8.27 Å². The van der Waals surface area contributed by atoms with Crippen molar-refractivity contribution in [2.45, 2.75) is 77.0 Å². The van der Waals surface area contributed by atoms with Crippen LogP contribution in [-0.2, 0) is 0 Å². The highest BCUT2D eigenvalue weighted by atomic mass is 32.6. The van der Waals surface area contributed by atoms with Crippen LogP contribution in [0, 0.1) is 0 Å². The first-order chi connectivity index (χ1) is 20.9. The highest BCUT2D eigenvalue weighted by Crippen LogP contribution is 2.90. The van der Waals surface area contributed by atoms with Crippen LogP contribution in [0.15, 0.2) is 115 Å². The van der Waals surface area contributed by atoms with Gasteiger partial charge in [-0.2, -0.15) is 0 Å². The Balaban J connectivity index is 1.50. The van der Waals surface area contributed by atoms with Crippen molar-refractivity contribution < 1.29 is 0 Å².